The summed E-state index contributed by atoms with van der Waals surface area (Å²) in [5.41, 5.74) is 2.46. The lowest BCUT2D eigenvalue weighted by molar-refractivity contribution is -0.683. The number of hydrogen-bond donors (Lipinski definition) is 2. The van der Waals surface area contributed by atoms with Gasteiger partial charge in [0.15, 0.2) is 11.0 Å². The fraction of sp³-hybridized carbons (Fsp3) is 0.125. The molecule has 8 heteroatoms. The third-order valence-electron chi connectivity index (χ3n) is 3.42. The largest absolute Gasteiger partial charge is 0.323 e. The smallest absolute Gasteiger partial charge is 0.317 e. The maximum atomic E-state index is 12.2. The second-order valence-electron chi connectivity index (χ2n) is 5.09. The quantitative estimate of drug-likeness (QED) is 0.492. The number of para-hydroxylation sites is 2. The van der Waals surface area contributed by atoms with E-state index >= 15 is 0 Å². The Morgan fingerprint density at radius 2 is 1.88 bits per heavy atom. The predicted octanol–water partition coefficient (Wildman–Crippen LogP) is 4.68. The van der Waals surface area contributed by atoms with Gasteiger partial charge in [-0.15, -0.1) is 0 Å². The van der Waals surface area contributed by atoms with Gasteiger partial charge in [-0.3, -0.25) is 4.79 Å². The van der Waals surface area contributed by atoms with Gasteiger partial charge in [0.1, 0.15) is 0 Å². The fourth-order valence-electron chi connectivity index (χ4n) is 2.28. The highest BCUT2D eigenvalue weighted by molar-refractivity contribution is 7.99. The molecule has 0 saturated carbocycles. The number of aryl methyl sites for hydroxylation is 1. The lowest BCUT2D eigenvalue weighted by atomic mass is 10.3. The summed E-state index contributed by atoms with van der Waals surface area (Å²) in [4.78, 5) is 15.5. The molecule has 0 aliphatic carbocycles. The molecule has 4 nitrogen and oxygen atoms in total. The van der Waals surface area contributed by atoms with E-state index in [1.165, 1.54) is 23.9 Å². The molecule has 2 aromatic carbocycles. The van der Waals surface area contributed by atoms with Crippen molar-refractivity contribution in [3.05, 3.63) is 51.5 Å². The Kier molecular flexibility index (Phi) is 5.25. The molecule has 0 unspecified atom stereocenters. The highest BCUT2D eigenvalue weighted by Gasteiger charge is 2.18. The summed E-state index contributed by atoms with van der Waals surface area (Å²) >= 11 is 19.4. The lowest BCUT2D eigenvalue weighted by Gasteiger charge is -2.09. The number of H-pyrrole nitrogens is 1. The van der Waals surface area contributed by atoms with E-state index in [4.69, 9.17) is 34.8 Å². The number of benzene rings is 2. The third-order valence-corrected chi connectivity index (χ3v) is 5.29. The first-order valence-electron chi connectivity index (χ1n) is 6.99. The highest BCUT2D eigenvalue weighted by atomic mass is 35.5. The molecule has 1 aromatic heterocycles. The summed E-state index contributed by atoms with van der Waals surface area (Å²) in [5, 5.41) is 4.65. The number of anilines is 1. The van der Waals surface area contributed by atoms with Crippen molar-refractivity contribution in [3.8, 4) is 0 Å². The average molecular weight is 402 g/mol. The number of nitrogens with zero attached hydrogens (tertiary/aromatic N) is 1. The van der Waals surface area contributed by atoms with E-state index < -0.39 is 0 Å². The minimum absolute atomic E-state index is 0.204. The molecule has 0 fully saturated rings. The van der Waals surface area contributed by atoms with Crippen LogP contribution in [-0.4, -0.2) is 16.6 Å². The number of nitrogens with one attached hydrogen (secondary N) is 2. The molecule has 0 saturated heterocycles. The number of aromatic amines is 1. The first-order chi connectivity index (χ1) is 11.5. The van der Waals surface area contributed by atoms with Crippen LogP contribution in [-0.2, 0) is 11.8 Å². The Morgan fingerprint density at radius 3 is 2.54 bits per heavy atom. The summed E-state index contributed by atoms with van der Waals surface area (Å²) in [6.45, 7) is 0. The monoisotopic (exact) mass is 400 g/mol. The molecule has 0 radical (unpaired) electrons. The predicted molar refractivity (Wildman–Crippen MR) is 100 cm³/mol. The molecule has 3 rings (SSSR count). The van der Waals surface area contributed by atoms with E-state index in [0.29, 0.717) is 20.8 Å². The van der Waals surface area contributed by atoms with Gasteiger partial charge in [0.25, 0.3) is 0 Å². The SMILES string of the molecule is C[n+]1c(SCC(=O)Nc2c(Cl)cc(Cl)cc2Cl)[nH]c2ccccc21. The molecule has 2 N–H and O–H groups in total. The number of carbonyl (C=O) groups is 1. The third kappa shape index (κ3) is 3.64. The van der Waals surface area contributed by atoms with Gasteiger partial charge in [-0.05, 0) is 36.0 Å². The highest BCUT2D eigenvalue weighted by Crippen LogP contribution is 2.33. The Bertz CT molecular complexity index is 903. The van der Waals surface area contributed by atoms with E-state index in [2.05, 4.69) is 10.3 Å². The molecule has 1 amide bonds. The molecular weight excluding hydrogens is 389 g/mol. The van der Waals surface area contributed by atoms with E-state index in [9.17, 15) is 4.79 Å². The standard InChI is InChI=1S/C16H12Cl3N3OS/c1-22-13-5-3-2-4-12(13)20-16(22)24-8-14(23)21-15-10(18)6-9(17)7-11(15)19/h2-7H,8H2,1H3,(H,21,23)/p+1. The zero-order valence-electron chi connectivity index (χ0n) is 12.6. The van der Waals surface area contributed by atoms with Gasteiger partial charge in [-0.1, -0.05) is 46.9 Å². The van der Waals surface area contributed by atoms with Crippen molar-refractivity contribution in [2.45, 2.75) is 5.16 Å². The number of thioether (sulfide) groups is 1. The van der Waals surface area contributed by atoms with Gasteiger partial charge in [0.2, 0.25) is 5.91 Å². The van der Waals surface area contributed by atoms with Crippen LogP contribution in [0.5, 0.6) is 0 Å². The van der Waals surface area contributed by atoms with Crippen LogP contribution < -0.4 is 9.88 Å². The maximum absolute atomic E-state index is 12.2. The average Bonchev–Trinajstić information content (AvgIpc) is 2.85. The van der Waals surface area contributed by atoms with Crippen molar-refractivity contribution < 1.29 is 9.36 Å². The summed E-state index contributed by atoms with van der Waals surface area (Å²) in [6.07, 6.45) is 0. The molecule has 24 heavy (non-hydrogen) atoms. The first kappa shape index (κ1) is 17.4. The van der Waals surface area contributed by atoms with Crippen LogP contribution in [0.25, 0.3) is 11.0 Å². The number of amides is 1. The van der Waals surface area contributed by atoms with E-state index in [1.807, 2.05) is 35.9 Å². The second kappa shape index (κ2) is 7.23. The minimum Gasteiger partial charge on any atom is -0.323 e. The molecule has 0 aliphatic heterocycles. The zero-order valence-corrected chi connectivity index (χ0v) is 15.7. The number of rotatable bonds is 4. The Balaban J connectivity index is 1.70. The molecular formula is C16H13Cl3N3OS+. The Hall–Kier alpha value is -1.40. The van der Waals surface area contributed by atoms with Gasteiger partial charge in [0, 0.05) is 5.02 Å². The fourth-order valence-corrected chi connectivity index (χ4v) is 4.01. The van der Waals surface area contributed by atoms with Crippen LogP contribution in [0.15, 0.2) is 41.6 Å². The lowest BCUT2D eigenvalue weighted by Crippen LogP contribution is -2.29. The van der Waals surface area contributed by atoms with Crippen LogP contribution >= 0.6 is 46.6 Å². The van der Waals surface area contributed by atoms with Crippen LogP contribution in [0.1, 0.15) is 0 Å². The number of aromatic nitrogens is 2. The molecule has 0 atom stereocenters. The van der Waals surface area contributed by atoms with Crippen molar-refractivity contribution in [1.29, 1.82) is 0 Å². The van der Waals surface area contributed by atoms with E-state index in [1.54, 1.807) is 0 Å². The topological polar surface area (TPSA) is 48.8 Å². The van der Waals surface area contributed by atoms with Gasteiger partial charge in [-0.25, -0.2) is 9.55 Å². The molecule has 0 bridgehead atoms. The number of fused-ring (bicyclic) bond motifs is 1. The number of halogens is 3. The second-order valence-corrected chi connectivity index (χ2v) is 7.30. The number of imidazole rings is 1. The molecule has 0 spiro atoms. The number of carbonyl (C=O) groups excluding carboxylic acids is 1. The van der Waals surface area contributed by atoms with Crippen molar-refractivity contribution in [2.24, 2.45) is 7.05 Å². The van der Waals surface area contributed by atoms with Gasteiger partial charge in [0.05, 0.1) is 28.5 Å². The van der Waals surface area contributed by atoms with Crippen molar-refractivity contribution in [1.82, 2.24) is 4.98 Å². The Morgan fingerprint density at radius 1 is 1.21 bits per heavy atom. The Labute approximate surface area is 158 Å². The minimum atomic E-state index is -0.204. The maximum Gasteiger partial charge on any atom is 0.317 e. The summed E-state index contributed by atoms with van der Waals surface area (Å²) in [6, 6.07) is 11.0. The molecule has 1 heterocycles. The van der Waals surface area contributed by atoms with E-state index in [-0.39, 0.29) is 11.7 Å². The zero-order chi connectivity index (χ0) is 17.3. The summed E-state index contributed by atoms with van der Waals surface area (Å²) in [7, 11) is 1.95. The van der Waals surface area contributed by atoms with Gasteiger partial charge in [-0.2, -0.15) is 0 Å². The first-order valence-corrected chi connectivity index (χ1v) is 9.11. The van der Waals surface area contributed by atoms with Crippen molar-refractivity contribution in [2.75, 3.05) is 11.1 Å². The number of hydrogen-bond acceptors (Lipinski definition) is 2. The normalized spacial score (nSPS) is 11.0. The summed E-state index contributed by atoms with van der Waals surface area (Å²) in [5.74, 6) is 0.0143. The van der Waals surface area contributed by atoms with Crippen LogP contribution in [0.2, 0.25) is 15.1 Å². The molecule has 0 aliphatic rings. The van der Waals surface area contributed by atoms with Crippen molar-refractivity contribution >= 4 is 69.2 Å². The summed E-state index contributed by atoms with van der Waals surface area (Å²) < 4.78 is 2.01. The van der Waals surface area contributed by atoms with Gasteiger partial charge >= 0.3 is 5.16 Å². The van der Waals surface area contributed by atoms with Crippen LogP contribution in [0.3, 0.4) is 0 Å². The molecule has 124 valence electrons. The van der Waals surface area contributed by atoms with E-state index in [0.717, 1.165) is 16.2 Å². The molecule has 3 aromatic rings. The van der Waals surface area contributed by atoms with Crippen LogP contribution in [0, 0.1) is 0 Å². The van der Waals surface area contributed by atoms with Crippen molar-refractivity contribution in [3.63, 3.8) is 0 Å². The van der Waals surface area contributed by atoms with Gasteiger partial charge < -0.3 is 5.32 Å². The van der Waals surface area contributed by atoms with Crippen LogP contribution in [0.4, 0.5) is 5.69 Å².